The number of methoxy groups -OCH3 is 1. The maximum Gasteiger partial charge on any atom is 0.374 e. The van der Waals surface area contributed by atoms with E-state index in [0.717, 1.165) is 11.3 Å². The molecule has 1 aliphatic heterocycles. The number of nitrogens with one attached hydrogen (secondary N) is 1. The number of fused-ring (bicyclic) bond motifs is 2. The Morgan fingerprint density at radius 1 is 1.23 bits per heavy atom. The number of carbonyl (C=O) groups is 1. The van der Waals surface area contributed by atoms with Crippen molar-refractivity contribution < 1.29 is 31.8 Å². The molecule has 0 radical (unpaired) electrons. The van der Waals surface area contributed by atoms with Crippen molar-refractivity contribution in [3.8, 4) is 11.5 Å². The first-order chi connectivity index (χ1) is 14.8. The number of carbonyl (C=O) groups excluding carboxylic acids is 1. The van der Waals surface area contributed by atoms with Crippen molar-refractivity contribution in [2.24, 2.45) is 0 Å². The van der Waals surface area contributed by atoms with Crippen LogP contribution in [0.3, 0.4) is 0 Å². The van der Waals surface area contributed by atoms with Crippen molar-refractivity contribution in [1.82, 2.24) is 4.72 Å². The monoisotopic (exact) mass is 445 g/mol. The molecule has 0 fully saturated rings. The molecule has 0 unspecified atom stereocenters. The average molecular weight is 445 g/mol. The highest BCUT2D eigenvalue weighted by molar-refractivity contribution is 7.89. The largest absolute Gasteiger partial charge is 0.497 e. The summed E-state index contributed by atoms with van der Waals surface area (Å²) >= 11 is 0. The van der Waals surface area contributed by atoms with Gasteiger partial charge in [-0.2, -0.15) is 0 Å². The first-order valence-corrected chi connectivity index (χ1v) is 11.3. The van der Waals surface area contributed by atoms with Gasteiger partial charge in [0, 0.05) is 10.9 Å². The number of benzene rings is 2. The van der Waals surface area contributed by atoms with E-state index in [2.05, 4.69) is 4.72 Å². The molecular weight excluding hydrogens is 422 g/mol. The van der Waals surface area contributed by atoms with E-state index in [-0.39, 0.29) is 23.9 Å². The van der Waals surface area contributed by atoms with Crippen molar-refractivity contribution in [3.05, 3.63) is 53.3 Å². The third-order valence-electron chi connectivity index (χ3n) is 5.17. The third kappa shape index (κ3) is 4.11. The molecule has 0 saturated carbocycles. The van der Waals surface area contributed by atoms with Gasteiger partial charge in [0.25, 0.3) is 0 Å². The zero-order valence-electron chi connectivity index (χ0n) is 17.4. The number of sulfonamides is 1. The van der Waals surface area contributed by atoms with Gasteiger partial charge in [0.1, 0.15) is 23.7 Å². The van der Waals surface area contributed by atoms with Gasteiger partial charge in [-0.1, -0.05) is 0 Å². The second-order valence-electron chi connectivity index (χ2n) is 7.24. The van der Waals surface area contributed by atoms with Gasteiger partial charge in [-0.15, -0.1) is 0 Å². The van der Waals surface area contributed by atoms with Crippen molar-refractivity contribution in [3.63, 3.8) is 0 Å². The summed E-state index contributed by atoms with van der Waals surface area (Å²) < 4.78 is 50.3. The predicted molar refractivity (Wildman–Crippen MR) is 113 cm³/mol. The standard InChI is InChI=1S/C22H23NO7S/c1-4-28-22(24)21-13(2)18-11-17(6-8-20(18)30-21)31(25,26)23-15-9-14-10-16(27-3)5-7-19(14)29-12-15/h5-8,10-11,15,23H,4,9,12H2,1-3H3/t15-/m0/s1. The third-order valence-corrected chi connectivity index (χ3v) is 6.69. The lowest BCUT2D eigenvalue weighted by Gasteiger charge is -2.26. The summed E-state index contributed by atoms with van der Waals surface area (Å²) in [5.74, 6) is 0.903. The summed E-state index contributed by atoms with van der Waals surface area (Å²) in [7, 11) is -2.25. The van der Waals surface area contributed by atoms with Gasteiger partial charge >= 0.3 is 5.97 Å². The molecule has 0 bridgehead atoms. The number of ether oxygens (including phenoxy) is 3. The topological polar surface area (TPSA) is 104 Å². The van der Waals surface area contributed by atoms with Crippen molar-refractivity contribution in [1.29, 1.82) is 0 Å². The molecular formula is C22H23NO7S. The van der Waals surface area contributed by atoms with Crippen LogP contribution in [0.1, 0.15) is 28.6 Å². The summed E-state index contributed by atoms with van der Waals surface area (Å²) in [4.78, 5) is 12.1. The summed E-state index contributed by atoms with van der Waals surface area (Å²) in [6, 6.07) is 9.51. The van der Waals surface area contributed by atoms with Crippen LogP contribution in [0.5, 0.6) is 11.5 Å². The molecule has 0 spiro atoms. The fourth-order valence-corrected chi connectivity index (χ4v) is 4.87. The molecule has 0 aliphatic carbocycles. The fourth-order valence-electron chi connectivity index (χ4n) is 3.62. The van der Waals surface area contributed by atoms with Crippen LogP contribution in [-0.2, 0) is 21.2 Å². The molecule has 1 atom stereocenters. The lowest BCUT2D eigenvalue weighted by atomic mass is 10.0. The molecule has 164 valence electrons. The first kappa shape index (κ1) is 21.2. The number of esters is 1. The Morgan fingerprint density at radius 3 is 2.77 bits per heavy atom. The Bertz CT molecular complexity index is 1250. The van der Waals surface area contributed by atoms with Crippen LogP contribution in [-0.4, -0.2) is 40.8 Å². The minimum absolute atomic E-state index is 0.0746. The second-order valence-corrected chi connectivity index (χ2v) is 8.96. The fraction of sp³-hybridized carbons (Fsp3) is 0.318. The number of hydrogen-bond donors (Lipinski definition) is 1. The highest BCUT2D eigenvalue weighted by atomic mass is 32.2. The lowest BCUT2D eigenvalue weighted by molar-refractivity contribution is 0.0491. The Hall–Kier alpha value is -3.04. The van der Waals surface area contributed by atoms with E-state index in [4.69, 9.17) is 18.6 Å². The number of hydrogen-bond acceptors (Lipinski definition) is 7. The van der Waals surface area contributed by atoms with Gasteiger partial charge in [-0.25, -0.2) is 17.9 Å². The lowest BCUT2D eigenvalue weighted by Crippen LogP contribution is -2.42. The Balaban J connectivity index is 1.58. The van der Waals surface area contributed by atoms with Crippen LogP contribution in [0.25, 0.3) is 11.0 Å². The molecule has 2 aromatic carbocycles. The highest BCUT2D eigenvalue weighted by Crippen LogP contribution is 2.30. The van der Waals surface area contributed by atoms with Crippen LogP contribution in [0.4, 0.5) is 0 Å². The Kier molecular flexibility index (Phi) is 5.63. The molecule has 2 heterocycles. The molecule has 31 heavy (non-hydrogen) atoms. The molecule has 0 amide bonds. The van der Waals surface area contributed by atoms with Crippen molar-refractivity contribution in [2.45, 2.75) is 31.2 Å². The summed E-state index contributed by atoms with van der Waals surface area (Å²) in [5.41, 5.74) is 1.83. The Morgan fingerprint density at radius 2 is 2.03 bits per heavy atom. The van der Waals surface area contributed by atoms with E-state index in [9.17, 15) is 13.2 Å². The maximum atomic E-state index is 13.0. The minimum Gasteiger partial charge on any atom is -0.497 e. The zero-order chi connectivity index (χ0) is 22.2. The normalized spacial score (nSPS) is 15.9. The quantitative estimate of drug-likeness (QED) is 0.581. The van der Waals surface area contributed by atoms with Gasteiger partial charge < -0.3 is 18.6 Å². The van der Waals surface area contributed by atoms with Gasteiger partial charge in [0.2, 0.25) is 15.8 Å². The van der Waals surface area contributed by atoms with Crippen LogP contribution in [0, 0.1) is 6.92 Å². The molecule has 1 aromatic heterocycles. The number of furan rings is 1. The maximum absolute atomic E-state index is 13.0. The van der Waals surface area contributed by atoms with Crippen LogP contribution >= 0.6 is 0 Å². The number of aryl methyl sites for hydroxylation is 1. The molecule has 1 aliphatic rings. The zero-order valence-corrected chi connectivity index (χ0v) is 18.2. The van der Waals surface area contributed by atoms with E-state index in [1.54, 1.807) is 27.0 Å². The molecule has 9 heteroatoms. The predicted octanol–water partition coefficient (Wildman–Crippen LogP) is 3.21. The van der Waals surface area contributed by atoms with E-state index < -0.39 is 22.0 Å². The van der Waals surface area contributed by atoms with Gasteiger partial charge in [0.15, 0.2) is 0 Å². The van der Waals surface area contributed by atoms with Gasteiger partial charge in [-0.05, 0) is 62.2 Å². The van der Waals surface area contributed by atoms with E-state index in [1.165, 1.54) is 18.2 Å². The molecule has 3 aromatic rings. The second kappa shape index (κ2) is 8.24. The molecule has 1 N–H and O–H groups in total. The number of rotatable bonds is 6. The Labute approximate surface area is 180 Å². The first-order valence-electron chi connectivity index (χ1n) is 9.84. The van der Waals surface area contributed by atoms with E-state index >= 15 is 0 Å². The van der Waals surface area contributed by atoms with Crippen LogP contribution < -0.4 is 14.2 Å². The summed E-state index contributed by atoms with van der Waals surface area (Å²) in [6.07, 6.45) is 0.478. The van der Waals surface area contributed by atoms with E-state index in [0.29, 0.717) is 28.7 Å². The van der Waals surface area contributed by atoms with Crippen LogP contribution in [0.2, 0.25) is 0 Å². The van der Waals surface area contributed by atoms with Crippen molar-refractivity contribution >= 4 is 27.0 Å². The van der Waals surface area contributed by atoms with Crippen molar-refractivity contribution in [2.75, 3.05) is 20.3 Å². The smallest absolute Gasteiger partial charge is 0.374 e. The molecule has 0 saturated heterocycles. The van der Waals surface area contributed by atoms with Gasteiger partial charge in [-0.3, -0.25) is 0 Å². The molecule has 4 rings (SSSR count). The highest BCUT2D eigenvalue weighted by Gasteiger charge is 2.27. The summed E-state index contributed by atoms with van der Waals surface area (Å²) in [5, 5.41) is 0.543. The minimum atomic E-state index is -3.83. The van der Waals surface area contributed by atoms with Gasteiger partial charge in [0.05, 0.1) is 24.7 Å². The van der Waals surface area contributed by atoms with Crippen LogP contribution in [0.15, 0.2) is 45.7 Å². The molecule has 8 nitrogen and oxygen atoms in total. The average Bonchev–Trinajstić information content (AvgIpc) is 3.09. The summed E-state index contributed by atoms with van der Waals surface area (Å²) in [6.45, 7) is 3.84. The van der Waals surface area contributed by atoms with E-state index in [1.807, 2.05) is 12.1 Å². The SMILES string of the molecule is CCOC(=O)c1oc2ccc(S(=O)(=O)N[C@@H]3COc4ccc(OC)cc4C3)cc2c1C.